The molecule has 0 spiro atoms. The Balaban J connectivity index is 1.13. The molecule has 0 saturated carbocycles. The van der Waals surface area contributed by atoms with Crippen LogP contribution in [0.4, 0.5) is 11.6 Å². The van der Waals surface area contributed by atoms with Crippen molar-refractivity contribution in [2.75, 3.05) is 45.0 Å². The number of unbranched alkanes of at least 4 members (excludes halogenated alkanes) is 54. The SMILES string of the molecule is CCCCCCCCCCCCOc1cc(C(=O)N/N=C/c2ccc(Oc3nc(Nc4ccccc4)nc(Oc4ccc(/C=N/NC(=O)c5cc(OCCCCCCCCCCCC)c(OCCCCCCCCCCCC)c(OCCCCCCCCCCCC)c5)cc4)n3)cc2)cc(OCCCCCCCCCCCC)c1OCCCCCCCCCCCC. The summed E-state index contributed by atoms with van der Waals surface area (Å²) in [5.74, 6) is 3.52. The first-order valence-electron chi connectivity index (χ1n) is 51.7. The zero-order valence-electron chi connectivity index (χ0n) is 80.5. The second-order valence-corrected chi connectivity index (χ2v) is 35.2. The van der Waals surface area contributed by atoms with E-state index in [1.165, 1.54) is 308 Å². The molecule has 0 aliphatic heterocycles. The highest BCUT2D eigenvalue weighted by molar-refractivity contribution is 5.97. The summed E-state index contributed by atoms with van der Waals surface area (Å²) >= 11 is 0. The van der Waals surface area contributed by atoms with Crippen molar-refractivity contribution in [3.63, 3.8) is 0 Å². The van der Waals surface area contributed by atoms with Gasteiger partial charge in [-0.25, -0.2) is 10.9 Å². The second-order valence-electron chi connectivity index (χ2n) is 35.2. The van der Waals surface area contributed by atoms with Crippen molar-refractivity contribution in [1.82, 2.24) is 25.8 Å². The van der Waals surface area contributed by atoms with Crippen molar-refractivity contribution < 1.29 is 47.5 Å². The van der Waals surface area contributed by atoms with E-state index < -0.39 is 11.8 Å². The molecule has 6 rings (SSSR count). The molecule has 2 amide bonds. The molecule has 0 fully saturated rings. The van der Waals surface area contributed by atoms with Crippen LogP contribution < -0.4 is 54.1 Å². The van der Waals surface area contributed by atoms with Gasteiger partial charge in [-0.2, -0.15) is 20.2 Å². The van der Waals surface area contributed by atoms with Gasteiger partial charge in [0.05, 0.1) is 52.1 Å². The fraction of sp³-hybridized carbons (Fsp3) is 0.661. The Morgan fingerprint density at radius 2 is 0.504 bits per heavy atom. The largest absolute Gasteiger partial charge is 0.490 e. The van der Waals surface area contributed by atoms with Gasteiger partial charge in [0, 0.05) is 16.8 Å². The Bertz CT molecular complexity index is 3440. The highest BCUT2D eigenvalue weighted by Crippen LogP contribution is 2.42. The third-order valence-corrected chi connectivity index (χ3v) is 23.6. The van der Waals surface area contributed by atoms with E-state index in [1.54, 1.807) is 61.0 Å². The number of carbonyl (C=O) groups is 2. The van der Waals surface area contributed by atoms with E-state index in [-0.39, 0.29) is 18.0 Å². The number of aromatic nitrogens is 3. The standard InChI is InChI=1S/C109H172N8O10/c1-7-13-19-25-31-37-43-49-55-64-80-120-99-86-94(87-100(121-81-65-56-50-44-38-32-26-20-14-8-2)103(99)124-84-68-59-53-47-41-35-29-23-17-11-5)105(118)116-110-90-92-72-76-97(77-73-92)126-108-113-107(112-96-70-62-61-63-71-96)114-109(115-108)127-98-78-74-93(75-79-98)91-111-117-106(119)95-88-101(122-82-66-57-51-45-39-33-27-21-15-9-3)104(125-85-69-60-54-48-42-36-30-24-18-12-6)102(89-95)123-83-67-58-52-46-40-34-28-22-16-10-4/h61-63,70-79,86-91H,7-60,64-69,80-85H2,1-6H3,(H,116,118)(H,117,119)(H,112,113,114,115)/b110-90+,111-91+. The highest BCUT2D eigenvalue weighted by Gasteiger charge is 2.23. The number of amides is 2. The first-order valence-corrected chi connectivity index (χ1v) is 51.7. The third kappa shape index (κ3) is 52.1. The van der Waals surface area contributed by atoms with Crippen molar-refractivity contribution in [2.24, 2.45) is 10.2 Å². The van der Waals surface area contributed by atoms with E-state index >= 15 is 0 Å². The lowest BCUT2D eigenvalue weighted by Gasteiger charge is -2.19. The molecule has 1 aromatic heterocycles. The maximum atomic E-state index is 14.2. The van der Waals surface area contributed by atoms with E-state index in [1.807, 2.05) is 54.6 Å². The molecule has 708 valence electrons. The average molecular weight is 1750 g/mol. The Kier molecular flexibility index (Phi) is 62.9. The number of benzene rings is 5. The molecule has 3 N–H and O–H groups in total. The second kappa shape index (κ2) is 74.4. The molecule has 0 atom stereocenters. The van der Waals surface area contributed by atoms with Crippen LogP contribution in [0.15, 0.2) is 113 Å². The first kappa shape index (κ1) is 107. The summed E-state index contributed by atoms with van der Waals surface area (Å²) in [4.78, 5) is 42.3. The van der Waals surface area contributed by atoms with Crippen molar-refractivity contribution >= 4 is 35.9 Å². The fourth-order valence-corrected chi connectivity index (χ4v) is 15.8. The average Bonchev–Trinajstić information content (AvgIpc) is 0.800. The number of rotatable bonds is 84. The van der Waals surface area contributed by atoms with Crippen molar-refractivity contribution in [3.8, 4) is 58.0 Å². The number of hydrazone groups is 2. The van der Waals surface area contributed by atoms with Crippen LogP contribution in [0.25, 0.3) is 0 Å². The Hall–Kier alpha value is -8.41. The maximum absolute atomic E-state index is 14.2. The van der Waals surface area contributed by atoms with Crippen LogP contribution in [-0.2, 0) is 0 Å². The fourth-order valence-electron chi connectivity index (χ4n) is 15.8. The van der Waals surface area contributed by atoms with Gasteiger partial charge in [0.25, 0.3) is 11.8 Å². The van der Waals surface area contributed by atoms with Crippen molar-refractivity contribution in [3.05, 3.63) is 125 Å². The van der Waals surface area contributed by atoms with Gasteiger partial charge in [-0.05, 0) is 135 Å². The predicted molar refractivity (Wildman–Crippen MR) is 530 cm³/mol. The lowest BCUT2D eigenvalue weighted by molar-refractivity contribution is 0.0946. The quantitative estimate of drug-likeness (QED) is 0.0184. The van der Waals surface area contributed by atoms with Crippen LogP contribution in [0.2, 0.25) is 0 Å². The molecule has 0 aliphatic carbocycles. The summed E-state index contributed by atoms with van der Waals surface area (Å²) in [6.07, 6.45) is 76.9. The third-order valence-electron chi connectivity index (χ3n) is 23.6. The molecule has 0 bridgehead atoms. The summed E-state index contributed by atoms with van der Waals surface area (Å²) in [5.41, 5.74) is 8.46. The normalized spacial score (nSPS) is 11.4. The molecule has 1 heterocycles. The monoisotopic (exact) mass is 1750 g/mol. The number of hydrogen-bond donors (Lipinski definition) is 3. The number of nitrogens with zero attached hydrogens (tertiary/aromatic N) is 5. The van der Waals surface area contributed by atoms with Gasteiger partial charge in [-0.3, -0.25) is 9.59 Å². The molecule has 0 saturated heterocycles. The Labute approximate surface area is 770 Å². The van der Waals surface area contributed by atoms with Gasteiger partial charge in [-0.15, -0.1) is 4.98 Å². The number of anilines is 2. The van der Waals surface area contributed by atoms with Gasteiger partial charge < -0.3 is 43.2 Å². The van der Waals surface area contributed by atoms with E-state index in [0.29, 0.717) is 108 Å². The van der Waals surface area contributed by atoms with Crippen molar-refractivity contribution in [2.45, 2.75) is 427 Å². The van der Waals surface area contributed by atoms with E-state index in [9.17, 15) is 9.59 Å². The molecule has 0 radical (unpaired) electrons. The van der Waals surface area contributed by atoms with Gasteiger partial charge in [0.15, 0.2) is 23.0 Å². The molecule has 18 heteroatoms. The zero-order chi connectivity index (χ0) is 89.8. The van der Waals surface area contributed by atoms with Crippen molar-refractivity contribution in [1.29, 1.82) is 0 Å². The molecular formula is C109H172N8O10. The molecule has 18 nitrogen and oxygen atoms in total. The minimum Gasteiger partial charge on any atom is -0.490 e. The van der Waals surface area contributed by atoms with Crippen LogP contribution in [0.1, 0.15) is 459 Å². The molecular weight excluding hydrogens is 1580 g/mol. The topological polar surface area (TPSA) is 207 Å². The summed E-state index contributed by atoms with van der Waals surface area (Å²) in [7, 11) is 0. The molecule has 6 aromatic rings. The van der Waals surface area contributed by atoms with Gasteiger partial charge in [0.1, 0.15) is 11.5 Å². The summed E-state index contributed by atoms with van der Waals surface area (Å²) in [5, 5.41) is 12.1. The minimum absolute atomic E-state index is 0.0161. The maximum Gasteiger partial charge on any atom is 0.330 e. The van der Waals surface area contributed by atoms with Gasteiger partial charge >= 0.3 is 12.0 Å². The molecule has 127 heavy (non-hydrogen) atoms. The Morgan fingerprint density at radius 3 is 0.748 bits per heavy atom. The first-order chi connectivity index (χ1) is 62.7. The number of carbonyl (C=O) groups excluding carboxylic acids is 2. The smallest absolute Gasteiger partial charge is 0.330 e. The molecule has 0 aliphatic rings. The van der Waals surface area contributed by atoms with E-state index in [0.717, 1.165) is 82.7 Å². The zero-order valence-corrected chi connectivity index (χ0v) is 80.5. The summed E-state index contributed by atoms with van der Waals surface area (Å²) < 4.78 is 52.3. The minimum atomic E-state index is -0.398. The predicted octanol–water partition coefficient (Wildman–Crippen LogP) is 32.5. The lowest BCUT2D eigenvalue weighted by Crippen LogP contribution is -2.18. The lowest BCUT2D eigenvalue weighted by atomic mass is 10.1. The number of nitrogens with one attached hydrogen (secondary N) is 3. The number of hydrogen-bond acceptors (Lipinski definition) is 16. The van der Waals surface area contributed by atoms with Gasteiger partial charge in [-0.1, -0.05) is 406 Å². The van der Waals surface area contributed by atoms with Crippen LogP contribution in [-0.4, -0.2) is 78.8 Å². The van der Waals surface area contributed by atoms with E-state index in [2.05, 4.69) is 82.9 Å². The van der Waals surface area contributed by atoms with E-state index in [4.69, 9.17) is 37.9 Å². The number of ether oxygens (including phenoxy) is 8. The summed E-state index contributed by atoms with van der Waals surface area (Å²) in [6.45, 7) is 16.8. The van der Waals surface area contributed by atoms with Gasteiger partial charge in [0.2, 0.25) is 17.4 Å². The van der Waals surface area contributed by atoms with Crippen LogP contribution >= 0.6 is 0 Å². The molecule has 0 unspecified atom stereocenters. The number of para-hydroxylation sites is 1. The highest BCUT2D eigenvalue weighted by atomic mass is 16.6. The molecule has 5 aromatic carbocycles. The van der Waals surface area contributed by atoms with Crippen LogP contribution in [0.3, 0.4) is 0 Å². The van der Waals surface area contributed by atoms with Crippen LogP contribution in [0, 0.1) is 0 Å². The Morgan fingerprint density at radius 1 is 0.276 bits per heavy atom. The summed E-state index contributed by atoms with van der Waals surface area (Å²) in [6, 6.07) is 31.1. The van der Waals surface area contributed by atoms with Crippen LogP contribution in [0.5, 0.6) is 58.0 Å².